The van der Waals surface area contributed by atoms with Crippen LogP contribution in [0.5, 0.6) is 11.5 Å². The Morgan fingerprint density at radius 1 is 1.35 bits per heavy atom. The molecule has 0 aliphatic carbocycles. The molecule has 1 aromatic carbocycles. The van der Waals surface area contributed by atoms with Gasteiger partial charge in [-0.2, -0.15) is 0 Å². The Bertz CT molecular complexity index is 652. The Morgan fingerprint density at radius 3 is 2.73 bits per heavy atom. The molecule has 0 aromatic heterocycles. The van der Waals surface area contributed by atoms with Crippen LogP contribution in [0.1, 0.15) is 23.2 Å². The monoisotopic (exact) mass is 367 g/mol. The predicted molar refractivity (Wildman–Crippen MR) is 95.0 cm³/mol. The molecule has 1 aliphatic rings. The van der Waals surface area contributed by atoms with Crippen molar-refractivity contribution in [2.45, 2.75) is 18.9 Å². The highest BCUT2D eigenvalue weighted by molar-refractivity contribution is 5.99. The molecule has 1 N–H and O–H groups in total. The standard InChI is InChI=1S/C17H25N3O6/c1-18-12-5-4-6-19(11-12)17(21)13-9-15(25-3)16(26-8-7-24-2)10-14(13)20(22)23/h9-10,12,18H,4-8,11H2,1-3H3. The number of nitro groups is 1. The summed E-state index contributed by atoms with van der Waals surface area (Å²) in [7, 11) is 4.80. The summed E-state index contributed by atoms with van der Waals surface area (Å²) >= 11 is 0. The minimum absolute atomic E-state index is 0.00249. The zero-order chi connectivity index (χ0) is 19.1. The number of ether oxygens (including phenoxy) is 3. The van der Waals surface area contributed by atoms with Crippen molar-refractivity contribution < 1.29 is 23.9 Å². The van der Waals surface area contributed by atoms with Crippen molar-refractivity contribution in [2.24, 2.45) is 0 Å². The van der Waals surface area contributed by atoms with Gasteiger partial charge in [0.1, 0.15) is 12.2 Å². The van der Waals surface area contributed by atoms with Gasteiger partial charge in [0, 0.05) is 32.3 Å². The number of piperidine rings is 1. The second-order valence-electron chi connectivity index (χ2n) is 6.00. The lowest BCUT2D eigenvalue weighted by molar-refractivity contribution is -0.385. The van der Waals surface area contributed by atoms with Crippen LogP contribution < -0.4 is 14.8 Å². The maximum absolute atomic E-state index is 12.9. The van der Waals surface area contributed by atoms with Gasteiger partial charge in [-0.1, -0.05) is 0 Å². The van der Waals surface area contributed by atoms with E-state index in [9.17, 15) is 14.9 Å². The average molecular weight is 367 g/mol. The summed E-state index contributed by atoms with van der Waals surface area (Å²) in [6.07, 6.45) is 1.82. The van der Waals surface area contributed by atoms with Crippen molar-refractivity contribution in [3.05, 3.63) is 27.8 Å². The van der Waals surface area contributed by atoms with Crippen LogP contribution in [0.3, 0.4) is 0 Å². The molecule has 1 atom stereocenters. The molecule has 1 unspecified atom stereocenters. The predicted octanol–water partition coefficient (Wildman–Crippen LogP) is 1.45. The molecule has 1 heterocycles. The van der Waals surface area contributed by atoms with Crippen LogP contribution in [0.2, 0.25) is 0 Å². The van der Waals surface area contributed by atoms with Gasteiger partial charge in [0.05, 0.1) is 24.7 Å². The third kappa shape index (κ3) is 4.61. The highest BCUT2D eigenvalue weighted by Gasteiger charge is 2.30. The van der Waals surface area contributed by atoms with E-state index in [0.717, 1.165) is 12.8 Å². The molecule has 1 aromatic rings. The zero-order valence-electron chi connectivity index (χ0n) is 15.3. The molecule has 144 valence electrons. The minimum Gasteiger partial charge on any atom is -0.493 e. The molecule has 0 spiro atoms. The first-order valence-corrected chi connectivity index (χ1v) is 8.46. The van der Waals surface area contributed by atoms with Crippen molar-refractivity contribution in [3.8, 4) is 11.5 Å². The maximum Gasteiger partial charge on any atom is 0.286 e. The number of hydrogen-bond donors (Lipinski definition) is 1. The minimum atomic E-state index is -0.574. The van der Waals surface area contributed by atoms with Crippen LogP contribution in [0.25, 0.3) is 0 Å². The number of carbonyl (C=O) groups is 1. The first-order valence-electron chi connectivity index (χ1n) is 8.46. The summed E-state index contributed by atoms with van der Waals surface area (Å²) in [6, 6.07) is 2.80. The van der Waals surface area contributed by atoms with Crippen molar-refractivity contribution >= 4 is 11.6 Å². The van der Waals surface area contributed by atoms with E-state index in [1.807, 2.05) is 7.05 Å². The molecule has 1 fully saturated rings. The second-order valence-corrected chi connectivity index (χ2v) is 6.00. The zero-order valence-corrected chi connectivity index (χ0v) is 15.3. The van der Waals surface area contributed by atoms with Gasteiger partial charge >= 0.3 is 0 Å². The molecular weight excluding hydrogens is 342 g/mol. The summed E-state index contributed by atoms with van der Waals surface area (Å²) < 4.78 is 15.7. The van der Waals surface area contributed by atoms with E-state index in [0.29, 0.717) is 19.7 Å². The van der Waals surface area contributed by atoms with Crippen LogP contribution in [-0.2, 0) is 4.74 Å². The Morgan fingerprint density at radius 2 is 2.12 bits per heavy atom. The van der Waals surface area contributed by atoms with Crippen LogP contribution in [0, 0.1) is 10.1 Å². The molecule has 1 saturated heterocycles. The maximum atomic E-state index is 12.9. The topological polar surface area (TPSA) is 103 Å². The SMILES string of the molecule is CNC1CCCN(C(=O)c2cc(OC)c(OCCOC)cc2[N+](=O)[O-])C1. The molecule has 0 radical (unpaired) electrons. The number of nitro benzene ring substituents is 1. The average Bonchev–Trinajstić information content (AvgIpc) is 2.67. The molecule has 0 saturated carbocycles. The smallest absolute Gasteiger partial charge is 0.286 e. The van der Waals surface area contributed by atoms with E-state index < -0.39 is 4.92 Å². The van der Waals surface area contributed by atoms with E-state index in [2.05, 4.69) is 5.32 Å². The Kier molecular flexibility index (Phi) is 7.16. The van der Waals surface area contributed by atoms with Gasteiger partial charge in [-0.05, 0) is 19.9 Å². The normalized spacial score (nSPS) is 17.0. The van der Waals surface area contributed by atoms with E-state index in [4.69, 9.17) is 14.2 Å². The van der Waals surface area contributed by atoms with E-state index in [1.165, 1.54) is 26.4 Å². The quantitative estimate of drug-likeness (QED) is 0.421. The van der Waals surface area contributed by atoms with Gasteiger partial charge in [0.2, 0.25) is 0 Å². The van der Waals surface area contributed by atoms with Crippen molar-refractivity contribution in [3.63, 3.8) is 0 Å². The van der Waals surface area contributed by atoms with Crippen LogP contribution in [0.4, 0.5) is 5.69 Å². The van der Waals surface area contributed by atoms with Crippen molar-refractivity contribution in [2.75, 3.05) is 47.6 Å². The summed E-state index contributed by atoms with van der Waals surface area (Å²) in [5, 5.41) is 14.7. The molecule has 1 aliphatic heterocycles. The number of nitrogens with one attached hydrogen (secondary N) is 1. The number of likely N-dealkylation sites (N-methyl/N-ethyl adjacent to an activating group) is 1. The number of benzene rings is 1. The number of hydrogen-bond acceptors (Lipinski definition) is 7. The van der Waals surface area contributed by atoms with E-state index in [-0.39, 0.29) is 41.3 Å². The summed E-state index contributed by atoms with van der Waals surface area (Å²) in [5.41, 5.74) is -0.294. The largest absolute Gasteiger partial charge is 0.493 e. The number of carbonyl (C=O) groups excluding carboxylic acids is 1. The molecule has 9 nitrogen and oxygen atoms in total. The highest BCUT2D eigenvalue weighted by atomic mass is 16.6. The molecule has 2 rings (SSSR count). The van der Waals surface area contributed by atoms with Crippen LogP contribution in [0.15, 0.2) is 12.1 Å². The van der Waals surface area contributed by atoms with Gasteiger partial charge in [0.25, 0.3) is 11.6 Å². The first-order chi connectivity index (χ1) is 12.5. The third-order valence-corrected chi connectivity index (χ3v) is 4.37. The summed E-state index contributed by atoms with van der Waals surface area (Å²) in [4.78, 5) is 25.5. The summed E-state index contributed by atoms with van der Waals surface area (Å²) in [6.45, 7) is 1.63. The molecule has 9 heteroatoms. The fraction of sp³-hybridized carbons (Fsp3) is 0.588. The molecular formula is C17H25N3O6. The number of likely N-dealkylation sites (tertiary alicyclic amines) is 1. The summed E-state index contributed by atoms with van der Waals surface area (Å²) in [5.74, 6) is 0.107. The lowest BCUT2D eigenvalue weighted by atomic mass is 10.0. The van der Waals surface area contributed by atoms with Crippen molar-refractivity contribution in [1.29, 1.82) is 0 Å². The Labute approximate surface area is 152 Å². The van der Waals surface area contributed by atoms with Gasteiger partial charge in [-0.25, -0.2) is 0 Å². The Balaban J connectivity index is 2.33. The highest BCUT2D eigenvalue weighted by Crippen LogP contribution is 2.35. The van der Waals surface area contributed by atoms with Crippen LogP contribution >= 0.6 is 0 Å². The third-order valence-electron chi connectivity index (χ3n) is 4.37. The molecule has 26 heavy (non-hydrogen) atoms. The fourth-order valence-electron chi connectivity index (χ4n) is 2.95. The Hall–Kier alpha value is -2.39. The van der Waals surface area contributed by atoms with Crippen molar-refractivity contribution in [1.82, 2.24) is 10.2 Å². The first kappa shape index (κ1) is 19.9. The van der Waals surface area contributed by atoms with Gasteiger partial charge in [-0.3, -0.25) is 14.9 Å². The molecule has 1 amide bonds. The van der Waals surface area contributed by atoms with Gasteiger partial charge in [-0.15, -0.1) is 0 Å². The second kappa shape index (κ2) is 9.35. The fourth-order valence-corrected chi connectivity index (χ4v) is 2.95. The lowest BCUT2D eigenvalue weighted by Crippen LogP contribution is -2.47. The number of nitrogens with zero attached hydrogens (tertiary/aromatic N) is 2. The number of rotatable bonds is 8. The van der Waals surface area contributed by atoms with E-state index in [1.54, 1.807) is 4.90 Å². The number of amides is 1. The molecule has 0 bridgehead atoms. The number of methoxy groups -OCH3 is 2. The van der Waals surface area contributed by atoms with E-state index >= 15 is 0 Å². The van der Waals surface area contributed by atoms with Gasteiger partial charge < -0.3 is 24.4 Å². The van der Waals surface area contributed by atoms with Crippen LogP contribution in [-0.4, -0.2) is 69.3 Å². The lowest BCUT2D eigenvalue weighted by Gasteiger charge is -2.32. The van der Waals surface area contributed by atoms with Gasteiger partial charge in [0.15, 0.2) is 11.5 Å².